The Morgan fingerprint density at radius 1 is 1.50 bits per heavy atom. The molecule has 0 bridgehead atoms. The molecule has 1 rings (SSSR count). The standard InChI is InChI=1S/C9H10FNO2S/c10-8-4-3-7(2-1-5-14)6-9(8)11(12)13/h3-4,6,14H,1-2,5H2. The predicted molar refractivity (Wildman–Crippen MR) is 55.2 cm³/mol. The third-order valence-electron chi connectivity index (χ3n) is 1.83. The molecule has 1 aromatic rings. The van der Waals surface area contributed by atoms with Gasteiger partial charge in [0.2, 0.25) is 5.82 Å². The minimum absolute atomic E-state index is 0.457. The SMILES string of the molecule is O=[N+]([O-])c1cc(CCCS)ccc1F. The van der Waals surface area contributed by atoms with Crippen LogP contribution in [0.2, 0.25) is 0 Å². The number of benzene rings is 1. The summed E-state index contributed by atoms with van der Waals surface area (Å²) in [6, 6.07) is 3.97. The Labute approximate surface area is 86.5 Å². The van der Waals surface area contributed by atoms with Gasteiger partial charge >= 0.3 is 5.69 Å². The summed E-state index contributed by atoms with van der Waals surface area (Å²) in [6.45, 7) is 0. The van der Waals surface area contributed by atoms with Crippen LogP contribution in [0.3, 0.4) is 0 Å². The Bertz CT molecular complexity index is 344. The lowest BCUT2D eigenvalue weighted by molar-refractivity contribution is -0.387. The summed E-state index contributed by atoms with van der Waals surface area (Å²) in [4.78, 5) is 9.69. The molecule has 0 aliphatic rings. The molecule has 0 fully saturated rings. The highest BCUT2D eigenvalue weighted by molar-refractivity contribution is 7.80. The Morgan fingerprint density at radius 2 is 2.21 bits per heavy atom. The molecule has 0 amide bonds. The van der Waals surface area contributed by atoms with Gasteiger partial charge in [-0.2, -0.15) is 17.0 Å². The van der Waals surface area contributed by atoms with Crippen LogP contribution < -0.4 is 0 Å². The summed E-state index contributed by atoms with van der Waals surface area (Å²) in [7, 11) is 0. The monoisotopic (exact) mass is 215 g/mol. The van der Waals surface area contributed by atoms with Crippen LogP contribution in [0.5, 0.6) is 0 Å². The number of thiol groups is 1. The maximum absolute atomic E-state index is 12.9. The third-order valence-corrected chi connectivity index (χ3v) is 2.15. The molecule has 0 saturated heterocycles. The Morgan fingerprint density at radius 3 is 2.79 bits per heavy atom. The van der Waals surface area contributed by atoms with Crippen molar-refractivity contribution in [2.75, 3.05) is 5.75 Å². The van der Waals surface area contributed by atoms with Crippen molar-refractivity contribution in [3.05, 3.63) is 39.7 Å². The van der Waals surface area contributed by atoms with Crippen molar-refractivity contribution in [3.8, 4) is 0 Å². The molecule has 0 unspecified atom stereocenters. The summed E-state index contributed by atoms with van der Waals surface area (Å²) >= 11 is 4.03. The number of nitrogens with zero attached hydrogens (tertiary/aromatic N) is 1. The highest BCUT2D eigenvalue weighted by Crippen LogP contribution is 2.19. The molecule has 3 nitrogen and oxygen atoms in total. The van der Waals surface area contributed by atoms with E-state index in [2.05, 4.69) is 12.6 Å². The number of aryl methyl sites for hydroxylation is 1. The van der Waals surface area contributed by atoms with Gasteiger partial charge in [-0.05, 0) is 30.2 Å². The first-order valence-electron chi connectivity index (χ1n) is 4.19. The van der Waals surface area contributed by atoms with Gasteiger partial charge < -0.3 is 0 Å². The Balaban J connectivity index is 2.89. The van der Waals surface area contributed by atoms with Gasteiger partial charge in [-0.3, -0.25) is 10.1 Å². The highest BCUT2D eigenvalue weighted by Gasteiger charge is 2.13. The second-order valence-corrected chi connectivity index (χ2v) is 3.32. The fourth-order valence-corrected chi connectivity index (χ4v) is 1.29. The molecule has 76 valence electrons. The van der Waals surface area contributed by atoms with Gasteiger partial charge in [0.25, 0.3) is 0 Å². The number of rotatable bonds is 4. The van der Waals surface area contributed by atoms with Gasteiger partial charge in [-0.15, -0.1) is 0 Å². The third kappa shape index (κ3) is 2.70. The van der Waals surface area contributed by atoms with Crippen LogP contribution in [0.1, 0.15) is 12.0 Å². The van der Waals surface area contributed by atoms with E-state index in [-0.39, 0.29) is 0 Å². The van der Waals surface area contributed by atoms with E-state index in [4.69, 9.17) is 0 Å². The second kappa shape index (κ2) is 4.95. The second-order valence-electron chi connectivity index (χ2n) is 2.87. The molecule has 0 radical (unpaired) electrons. The van der Waals surface area contributed by atoms with Crippen LogP contribution in [0.25, 0.3) is 0 Å². The molecule has 0 N–H and O–H groups in total. The van der Waals surface area contributed by atoms with Crippen LogP contribution in [0, 0.1) is 15.9 Å². The summed E-state index contributed by atoms with van der Waals surface area (Å²) in [5, 5.41) is 10.4. The van der Waals surface area contributed by atoms with Crippen LogP contribution in [-0.2, 0) is 6.42 Å². The smallest absolute Gasteiger partial charge is 0.258 e. The first kappa shape index (κ1) is 11.0. The molecule has 0 aliphatic heterocycles. The van der Waals surface area contributed by atoms with E-state index in [1.807, 2.05) is 0 Å². The number of hydrogen-bond donors (Lipinski definition) is 1. The zero-order chi connectivity index (χ0) is 10.6. The largest absolute Gasteiger partial charge is 0.305 e. The lowest BCUT2D eigenvalue weighted by Gasteiger charge is -1.99. The fourth-order valence-electron chi connectivity index (χ4n) is 1.14. The molecule has 14 heavy (non-hydrogen) atoms. The van der Waals surface area contributed by atoms with Gasteiger partial charge in [0, 0.05) is 6.07 Å². The Hall–Kier alpha value is -1.10. The van der Waals surface area contributed by atoms with Crippen LogP contribution in [0.15, 0.2) is 18.2 Å². The van der Waals surface area contributed by atoms with E-state index in [0.717, 1.165) is 18.1 Å². The summed E-state index contributed by atoms with van der Waals surface area (Å²) in [6.07, 6.45) is 1.51. The lowest BCUT2D eigenvalue weighted by Crippen LogP contribution is -1.95. The maximum Gasteiger partial charge on any atom is 0.305 e. The maximum atomic E-state index is 12.9. The first-order valence-corrected chi connectivity index (χ1v) is 4.82. The van der Waals surface area contributed by atoms with Crippen molar-refractivity contribution < 1.29 is 9.31 Å². The van der Waals surface area contributed by atoms with Crippen molar-refractivity contribution in [2.45, 2.75) is 12.8 Å². The zero-order valence-corrected chi connectivity index (χ0v) is 8.34. The predicted octanol–water partition coefficient (Wildman–Crippen LogP) is 2.60. The van der Waals surface area contributed by atoms with Crippen LogP contribution in [0.4, 0.5) is 10.1 Å². The molecule has 0 atom stereocenters. The lowest BCUT2D eigenvalue weighted by atomic mass is 10.1. The van der Waals surface area contributed by atoms with Gasteiger partial charge in [0.05, 0.1) is 4.92 Å². The quantitative estimate of drug-likeness (QED) is 0.476. The van der Waals surface area contributed by atoms with Crippen molar-refractivity contribution in [1.29, 1.82) is 0 Å². The topological polar surface area (TPSA) is 43.1 Å². The van der Waals surface area contributed by atoms with Gasteiger partial charge in [-0.25, -0.2) is 0 Å². The zero-order valence-electron chi connectivity index (χ0n) is 7.44. The molecular weight excluding hydrogens is 205 g/mol. The first-order chi connectivity index (χ1) is 6.65. The van der Waals surface area contributed by atoms with E-state index >= 15 is 0 Å². The minimum Gasteiger partial charge on any atom is -0.258 e. The van der Waals surface area contributed by atoms with Crippen molar-refractivity contribution in [2.24, 2.45) is 0 Å². The van der Waals surface area contributed by atoms with Crippen LogP contribution in [-0.4, -0.2) is 10.7 Å². The number of nitro groups is 1. The van der Waals surface area contributed by atoms with E-state index in [1.165, 1.54) is 6.07 Å². The summed E-state index contributed by atoms with van der Waals surface area (Å²) < 4.78 is 12.9. The number of halogens is 1. The van der Waals surface area contributed by atoms with Crippen LogP contribution >= 0.6 is 12.6 Å². The molecule has 0 saturated carbocycles. The number of hydrogen-bond acceptors (Lipinski definition) is 3. The minimum atomic E-state index is -0.787. The summed E-state index contributed by atoms with van der Waals surface area (Å²) in [5.74, 6) is -0.0739. The molecule has 1 aromatic carbocycles. The molecule has 0 aromatic heterocycles. The average molecular weight is 215 g/mol. The highest BCUT2D eigenvalue weighted by atomic mass is 32.1. The number of nitro benzene ring substituents is 1. The van der Waals surface area contributed by atoms with Crippen molar-refractivity contribution in [1.82, 2.24) is 0 Å². The molecule has 0 heterocycles. The fraction of sp³-hybridized carbons (Fsp3) is 0.333. The van der Waals surface area contributed by atoms with E-state index in [9.17, 15) is 14.5 Å². The van der Waals surface area contributed by atoms with E-state index in [1.54, 1.807) is 6.07 Å². The average Bonchev–Trinajstić information content (AvgIpc) is 2.16. The normalized spacial score (nSPS) is 10.1. The van der Waals surface area contributed by atoms with Gasteiger partial charge in [0.1, 0.15) is 0 Å². The Kier molecular flexibility index (Phi) is 3.88. The van der Waals surface area contributed by atoms with Crippen molar-refractivity contribution in [3.63, 3.8) is 0 Å². The molecular formula is C9H10FNO2S. The summed E-state index contributed by atoms with van der Waals surface area (Å²) in [5.41, 5.74) is 0.314. The van der Waals surface area contributed by atoms with Crippen molar-refractivity contribution >= 4 is 18.3 Å². The van der Waals surface area contributed by atoms with Gasteiger partial charge in [0.15, 0.2) is 0 Å². The van der Waals surface area contributed by atoms with Gasteiger partial charge in [-0.1, -0.05) is 6.07 Å². The molecule has 0 spiro atoms. The molecule has 0 aliphatic carbocycles. The van der Waals surface area contributed by atoms with E-state index in [0.29, 0.717) is 12.2 Å². The van der Waals surface area contributed by atoms with E-state index < -0.39 is 16.4 Å². The molecule has 5 heteroatoms.